The van der Waals surface area contributed by atoms with Crippen molar-refractivity contribution >= 4 is 10.9 Å². The molecule has 2 aliphatic heterocycles. The molecule has 0 saturated carbocycles. The van der Waals surface area contributed by atoms with Crippen LogP contribution in [0.25, 0.3) is 33.5 Å². The van der Waals surface area contributed by atoms with Gasteiger partial charge in [0.25, 0.3) is 0 Å². The summed E-state index contributed by atoms with van der Waals surface area (Å²) in [5.41, 5.74) is 3.54. The molecule has 168 valence electrons. The molecule has 2 aliphatic rings. The van der Waals surface area contributed by atoms with Gasteiger partial charge in [0.05, 0.1) is 61.8 Å². The molecule has 6 rings (SSSR count). The van der Waals surface area contributed by atoms with Crippen LogP contribution in [0, 0.1) is 22.7 Å². The Labute approximate surface area is 195 Å². The van der Waals surface area contributed by atoms with E-state index in [1.807, 2.05) is 57.1 Å². The maximum Gasteiger partial charge on any atom is 0.111 e. The van der Waals surface area contributed by atoms with Crippen molar-refractivity contribution in [1.82, 2.24) is 34.4 Å². The first-order chi connectivity index (χ1) is 16.7. The van der Waals surface area contributed by atoms with Gasteiger partial charge in [-0.1, -0.05) is 0 Å². The molecule has 0 aromatic carbocycles. The molecule has 0 radical (unpaired) electrons. The average Bonchev–Trinajstić information content (AvgIpc) is 3.46. The first-order valence-electron chi connectivity index (χ1n) is 11.1. The zero-order chi connectivity index (χ0) is 23.1. The summed E-state index contributed by atoms with van der Waals surface area (Å²) in [6, 6.07) is 12.5. The van der Waals surface area contributed by atoms with Crippen LogP contribution >= 0.6 is 0 Å². The van der Waals surface area contributed by atoms with E-state index in [4.69, 9.17) is 20.1 Å². The summed E-state index contributed by atoms with van der Waals surface area (Å²) in [5.74, 6) is 0. The third-order valence-corrected chi connectivity index (χ3v) is 6.55. The third-order valence-electron chi connectivity index (χ3n) is 6.55. The lowest BCUT2D eigenvalue weighted by atomic mass is 9.87. The first-order valence-corrected chi connectivity index (χ1v) is 11.1. The van der Waals surface area contributed by atoms with Crippen molar-refractivity contribution < 1.29 is 4.74 Å². The van der Waals surface area contributed by atoms with Crippen molar-refractivity contribution in [1.29, 1.82) is 10.5 Å². The normalized spacial score (nSPS) is 17.6. The topological polar surface area (TPSA) is 121 Å². The zero-order valence-corrected chi connectivity index (χ0v) is 18.4. The molecule has 4 aromatic heterocycles. The summed E-state index contributed by atoms with van der Waals surface area (Å²) in [6.07, 6.45) is 7.81. The van der Waals surface area contributed by atoms with Crippen LogP contribution in [0.1, 0.15) is 12.5 Å². The molecule has 6 heterocycles. The van der Waals surface area contributed by atoms with Crippen LogP contribution < -0.4 is 0 Å². The molecule has 2 fully saturated rings. The number of hydrogen-bond donors (Lipinski definition) is 0. The molecule has 4 aromatic rings. The average molecular weight is 451 g/mol. The maximum absolute atomic E-state index is 9.42. The standard InChI is InChI=1S/C24H21N9O/c25-5-4-24(15-31(16-24)9-6-26)33-8-3-20(30-33)23-19-2-1-7-27-22(19)10-21(29-23)17-11-28-32(12-17)18-13-34-14-18/h1-3,7-8,10-12,18H,4,9,13-16H2. The van der Waals surface area contributed by atoms with Crippen LogP contribution in [-0.4, -0.2) is 67.3 Å². The highest BCUT2D eigenvalue weighted by molar-refractivity contribution is 5.93. The van der Waals surface area contributed by atoms with Crippen molar-refractivity contribution in [3.05, 3.63) is 49.1 Å². The molecule has 0 unspecified atom stereocenters. The highest BCUT2D eigenvalue weighted by Crippen LogP contribution is 2.34. The Morgan fingerprint density at radius 1 is 1.15 bits per heavy atom. The highest BCUT2D eigenvalue weighted by atomic mass is 16.5. The van der Waals surface area contributed by atoms with E-state index in [0.717, 1.165) is 33.5 Å². The number of likely N-dealkylation sites (tertiary alicyclic amines) is 1. The molecule has 2 saturated heterocycles. The van der Waals surface area contributed by atoms with Crippen LogP contribution in [0.15, 0.2) is 49.1 Å². The largest absolute Gasteiger partial charge is 0.377 e. The highest BCUT2D eigenvalue weighted by Gasteiger charge is 2.45. The monoisotopic (exact) mass is 451 g/mol. The fraction of sp³-hybridized carbons (Fsp3) is 0.333. The Balaban J connectivity index is 1.39. The van der Waals surface area contributed by atoms with Gasteiger partial charge in [-0.3, -0.25) is 19.2 Å². The van der Waals surface area contributed by atoms with Gasteiger partial charge < -0.3 is 4.74 Å². The molecule has 34 heavy (non-hydrogen) atoms. The second-order valence-electron chi connectivity index (χ2n) is 8.83. The summed E-state index contributed by atoms with van der Waals surface area (Å²) in [4.78, 5) is 11.5. The van der Waals surface area contributed by atoms with E-state index in [1.54, 1.807) is 6.20 Å². The van der Waals surface area contributed by atoms with Crippen molar-refractivity contribution in [2.75, 3.05) is 32.8 Å². The Kier molecular flexibility index (Phi) is 4.84. The molecule has 0 aliphatic carbocycles. The van der Waals surface area contributed by atoms with Gasteiger partial charge in [0.15, 0.2) is 0 Å². The van der Waals surface area contributed by atoms with Gasteiger partial charge in [0, 0.05) is 42.6 Å². The van der Waals surface area contributed by atoms with E-state index in [9.17, 15) is 5.26 Å². The third kappa shape index (κ3) is 3.32. The Hall–Kier alpha value is -4.12. The van der Waals surface area contributed by atoms with E-state index in [2.05, 4.69) is 22.2 Å². The minimum Gasteiger partial charge on any atom is -0.377 e. The van der Waals surface area contributed by atoms with Gasteiger partial charge >= 0.3 is 0 Å². The molecular formula is C24H21N9O. The van der Waals surface area contributed by atoms with Gasteiger partial charge in [-0.25, -0.2) is 4.98 Å². The van der Waals surface area contributed by atoms with Crippen LogP contribution in [-0.2, 0) is 10.3 Å². The van der Waals surface area contributed by atoms with E-state index >= 15 is 0 Å². The Bertz CT molecular complexity index is 1450. The molecule has 10 nitrogen and oxygen atoms in total. The van der Waals surface area contributed by atoms with E-state index < -0.39 is 5.54 Å². The molecular weight excluding hydrogens is 430 g/mol. The number of rotatable bonds is 6. The minimum atomic E-state index is -0.429. The summed E-state index contributed by atoms with van der Waals surface area (Å²) < 4.78 is 9.07. The molecule has 10 heteroatoms. The number of nitrogens with zero attached hydrogens (tertiary/aromatic N) is 9. The number of aromatic nitrogens is 6. The van der Waals surface area contributed by atoms with Crippen molar-refractivity contribution in [3.63, 3.8) is 0 Å². The van der Waals surface area contributed by atoms with Gasteiger partial charge in [-0.05, 0) is 24.3 Å². The molecule has 0 N–H and O–H groups in total. The van der Waals surface area contributed by atoms with E-state index in [1.165, 1.54) is 0 Å². The zero-order valence-electron chi connectivity index (χ0n) is 18.4. The van der Waals surface area contributed by atoms with Crippen LogP contribution in [0.3, 0.4) is 0 Å². The predicted molar refractivity (Wildman–Crippen MR) is 122 cm³/mol. The second kappa shape index (κ2) is 8.03. The van der Waals surface area contributed by atoms with Gasteiger partial charge in [0.1, 0.15) is 16.9 Å². The predicted octanol–water partition coefficient (Wildman–Crippen LogP) is 2.38. The van der Waals surface area contributed by atoms with Gasteiger partial charge in [-0.2, -0.15) is 20.7 Å². The Morgan fingerprint density at radius 3 is 2.79 bits per heavy atom. The SMILES string of the molecule is N#CCN1CC(CC#N)(n2ccc(-c3nc(-c4cnn(C5COC5)c4)cc4ncccc34)n2)C1. The number of fused-ring (bicyclic) bond motifs is 1. The number of nitriles is 2. The molecule has 0 atom stereocenters. The fourth-order valence-corrected chi connectivity index (χ4v) is 4.66. The van der Waals surface area contributed by atoms with Crippen molar-refractivity contribution in [2.45, 2.75) is 18.0 Å². The smallest absolute Gasteiger partial charge is 0.111 e. The maximum atomic E-state index is 9.42. The lowest BCUT2D eigenvalue weighted by molar-refractivity contribution is -0.0286. The summed E-state index contributed by atoms with van der Waals surface area (Å²) >= 11 is 0. The van der Waals surface area contributed by atoms with Crippen molar-refractivity contribution in [3.8, 4) is 34.8 Å². The van der Waals surface area contributed by atoms with E-state index in [0.29, 0.717) is 39.3 Å². The van der Waals surface area contributed by atoms with Gasteiger partial charge in [0.2, 0.25) is 0 Å². The summed E-state index contributed by atoms with van der Waals surface area (Å²) in [5, 5.41) is 28.7. The van der Waals surface area contributed by atoms with E-state index in [-0.39, 0.29) is 6.04 Å². The minimum absolute atomic E-state index is 0.266. The lowest BCUT2D eigenvalue weighted by Crippen LogP contribution is -2.62. The first kappa shape index (κ1) is 20.5. The number of hydrogen-bond acceptors (Lipinski definition) is 8. The number of pyridine rings is 2. The lowest BCUT2D eigenvalue weighted by Gasteiger charge is -2.48. The van der Waals surface area contributed by atoms with Crippen molar-refractivity contribution in [2.24, 2.45) is 0 Å². The molecule has 0 spiro atoms. The quantitative estimate of drug-likeness (QED) is 0.410. The molecule has 0 bridgehead atoms. The van der Waals surface area contributed by atoms with Crippen LogP contribution in [0.2, 0.25) is 0 Å². The number of ether oxygens (including phenoxy) is 1. The second-order valence-corrected chi connectivity index (χ2v) is 8.83. The molecule has 0 amide bonds. The van der Waals surface area contributed by atoms with Crippen LogP contribution in [0.5, 0.6) is 0 Å². The summed E-state index contributed by atoms with van der Waals surface area (Å²) in [6.45, 7) is 2.94. The Morgan fingerprint density at radius 2 is 2.03 bits per heavy atom. The van der Waals surface area contributed by atoms with Crippen LogP contribution in [0.4, 0.5) is 0 Å². The van der Waals surface area contributed by atoms with Gasteiger partial charge in [-0.15, -0.1) is 0 Å². The summed E-state index contributed by atoms with van der Waals surface area (Å²) in [7, 11) is 0. The fourth-order valence-electron chi connectivity index (χ4n) is 4.66.